The summed E-state index contributed by atoms with van der Waals surface area (Å²) in [7, 11) is 0. The van der Waals surface area contributed by atoms with Crippen LogP contribution in [0.15, 0.2) is 18.2 Å². The number of fused-ring (bicyclic) bond motifs is 1. The molecule has 1 saturated heterocycles. The van der Waals surface area contributed by atoms with Crippen molar-refractivity contribution in [3.63, 3.8) is 0 Å². The molecule has 7 nitrogen and oxygen atoms in total. The van der Waals surface area contributed by atoms with E-state index in [4.69, 9.17) is 4.74 Å². The molecule has 3 heterocycles. The van der Waals surface area contributed by atoms with Gasteiger partial charge in [-0.3, -0.25) is 4.79 Å². The van der Waals surface area contributed by atoms with E-state index in [-0.39, 0.29) is 36.4 Å². The second-order valence-electron chi connectivity index (χ2n) is 6.65. The molecule has 1 atom stereocenters. The highest BCUT2D eigenvalue weighted by Crippen LogP contribution is 2.26. The predicted molar refractivity (Wildman–Crippen MR) is 109 cm³/mol. The number of hydrogen-bond acceptors (Lipinski definition) is 5. The van der Waals surface area contributed by atoms with Crippen LogP contribution in [-0.4, -0.2) is 46.5 Å². The third-order valence-electron chi connectivity index (χ3n) is 4.81. The monoisotopic (exact) mass is 431 g/mol. The topological polar surface area (TPSA) is 81.1 Å². The zero-order valence-corrected chi connectivity index (χ0v) is 17.0. The van der Waals surface area contributed by atoms with Crippen LogP contribution >= 0.6 is 24.8 Å². The summed E-state index contributed by atoms with van der Waals surface area (Å²) in [5.74, 6) is 0.844. The summed E-state index contributed by atoms with van der Waals surface area (Å²) in [5.41, 5.74) is 0.873. The Labute approximate surface area is 175 Å². The third kappa shape index (κ3) is 4.81. The van der Waals surface area contributed by atoms with Crippen LogP contribution in [0.1, 0.15) is 25.1 Å². The number of amides is 1. The number of aryl methyl sites for hydroxylation is 1. The molecule has 0 spiro atoms. The van der Waals surface area contributed by atoms with Gasteiger partial charge in [0.25, 0.3) is 5.91 Å². The average Bonchev–Trinajstić information content (AvgIpc) is 2.92. The highest BCUT2D eigenvalue weighted by atomic mass is 35.5. The van der Waals surface area contributed by atoms with Crippen molar-refractivity contribution < 1.29 is 13.9 Å². The maximum Gasteiger partial charge on any atom is 0.254 e. The zero-order valence-electron chi connectivity index (χ0n) is 15.3. The molecular weight excluding hydrogens is 408 g/mol. The quantitative estimate of drug-likeness (QED) is 0.780. The first kappa shape index (κ1) is 22.5. The fourth-order valence-electron chi connectivity index (χ4n) is 3.41. The minimum Gasteiger partial charge on any atom is -0.366 e. The Morgan fingerprint density at radius 3 is 2.89 bits per heavy atom. The highest BCUT2D eigenvalue weighted by Gasteiger charge is 2.23. The summed E-state index contributed by atoms with van der Waals surface area (Å²) in [6.07, 6.45) is 3.65. The molecule has 2 N–H and O–H groups in total. The Kier molecular flexibility index (Phi) is 8.18. The molecular formula is C18H24Cl2FN5O2. The maximum atomic E-state index is 14.2. The number of nitrogens with one attached hydrogen (secondary N) is 2. The molecule has 1 unspecified atom stereocenters. The Bertz CT molecular complexity index is 811. The summed E-state index contributed by atoms with van der Waals surface area (Å²) in [4.78, 5) is 12.3. The number of hydrogen-bond donors (Lipinski definition) is 2. The standard InChI is InChI=1S/C18H22FN5O2.2ClH/c19-13-6-5-12(17-23-22-16-4-2-1-3-8-24(16)17)10-14(13)21-18(25)15-11-20-7-9-26-15;;/h5-6,10,15,20H,1-4,7-9,11H2,(H,21,25);2*1H. The molecule has 10 heteroatoms. The molecule has 1 aromatic heterocycles. The molecule has 2 aromatic rings. The van der Waals surface area contributed by atoms with Crippen LogP contribution in [0.4, 0.5) is 10.1 Å². The summed E-state index contributed by atoms with van der Waals surface area (Å²) in [5, 5.41) is 14.3. The second kappa shape index (κ2) is 10.2. The Hall–Kier alpha value is -1.74. The lowest BCUT2D eigenvalue weighted by Gasteiger charge is -2.22. The molecule has 0 saturated carbocycles. The van der Waals surface area contributed by atoms with E-state index in [1.807, 2.05) is 0 Å². The van der Waals surface area contributed by atoms with E-state index in [0.717, 1.165) is 37.2 Å². The van der Waals surface area contributed by atoms with Gasteiger partial charge >= 0.3 is 0 Å². The molecule has 4 rings (SSSR count). The first-order valence-corrected chi connectivity index (χ1v) is 9.07. The molecule has 2 aliphatic rings. The molecule has 0 aliphatic carbocycles. The van der Waals surface area contributed by atoms with Gasteiger partial charge in [0.1, 0.15) is 17.7 Å². The fourth-order valence-corrected chi connectivity index (χ4v) is 3.41. The van der Waals surface area contributed by atoms with E-state index < -0.39 is 11.9 Å². The van der Waals surface area contributed by atoms with Gasteiger partial charge in [-0.2, -0.15) is 0 Å². The molecule has 154 valence electrons. The molecule has 1 fully saturated rings. The van der Waals surface area contributed by atoms with Crippen LogP contribution in [0.5, 0.6) is 0 Å². The van der Waals surface area contributed by atoms with E-state index in [0.29, 0.717) is 25.5 Å². The van der Waals surface area contributed by atoms with Crippen molar-refractivity contribution in [1.82, 2.24) is 20.1 Å². The van der Waals surface area contributed by atoms with Crippen LogP contribution in [0.3, 0.4) is 0 Å². The minimum atomic E-state index is -0.615. The molecule has 2 aliphatic heterocycles. The Balaban J connectivity index is 0.00000140. The predicted octanol–water partition coefficient (Wildman–Crippen LogP) is 2.58. The van der Waals surface area contributed by atoms with Gasteiger partial charge in [-0.05, 0) is 31.0 Å². The van der Waals surface area contributed by atoms with Gasteiger partial charge in [0.05, 0.1) is 12.3 Å². The van der Waals surface area contributed by atoms with Gasteiger partial charge in [-0.15, -0.1) is 35.0 Å². The maximum absolute atomic E-state index is 14.2. The van der Waals surface area contributed by atoms with Crippen LogP contribution in [0.25, 0.3) is 11.4 Å². The first-order valence-electron chi connectivity index (χ1n) is 9.07. The second-order valence-corrected chi connectivity index (χ2v) is 6.65. The van der Waals surface area contributed by atoms with E-state index in [1.165, 1.54) is 12.5 Å². The van der Waals surface area contributed by atoms with Gasteiger partial charge in [0, 0.05) is 31.6 Å². The normalized spacial score (nSPS) is 18.8. The number of aromatic nitrogens is 3. The van der Waals surface area contributed by atoms with Crippen molar-refractivity contribution in [3.8, 4) is 11.4 Å². The van der Waals surface area contributed by atoms with Crippen molar-refractivity contribution in [2.45, 2.75) is 38.3 Å². The molecule has 1 aromatic carbocycles. The van der Waals surface area contributed by atoms with Gasteiger partial charge in [0.15, 0.2) is 5.82 Å². The summed E-state index contributed by atoms with van der Waals surface area (Å²) < 4.78 is 21.7. The van der Waals surface area contributed by atoms with E-state index in [1.54, 1.807) is 12.1 Å². The smallest absolute Gasteiger partial charge is 0.254 e. The van der Waals surface area contributed by atoms with Gasteiger partial charge in [-0.1, -0.05) is 6.42 Å². The number of carbonyl (C=O) groups is 1. The van der Waals surface area contributed by atoms with Crippen LogP contribution in [0, 0.1) is 5.82 Å². The lowest BCUT2D eigenvalue weighted by molar-refractivity contribution is -0.128. The molecule has 0 bridgehead atoms. The van der Waals surface area contributed by atoms with Crippen molar-refractivity contribution in [2.75, 3.05) is 25.0 Å². The lowest BCUT2D eigenvalue weighted by atomic mass is 10.1. The van der Waals surface area contributed by atoms with Crippen molar-refractivity contribution in [3.05, 3.63) is 29.8 Å². The number of ether oxygens (including phenoxy) is 1. The summed E-state index contributed by atoms with van der Waals surface area (Å²) in [6.45, 7) is 2.46. The van der Waals surface area contributed by atoms with E-state index >= 15 is 0 Å². The van der Waals surface area contributed by atoms with Crippen LogP contribution < -0.4 is 10.6 Å². The number of rotatable bonds is 3. The Morgan fingerprint density at radius 2 is 2.11 bits per heavy atom. The van der Waals surface area contributed by atoms with Crippen LogP contribution in [0.2, 0.25) is 0 Å². The van der Waals surface area contributed by atoms with Crippen molar-refractivity contribution >= 4 is 36.4 Å². The first-order chi connectivity index (χ1) is 12.7. The summed E-state index contributed by atoms with van der Waals surface area (Å²) >= 11 is 0. The number of halogens is 3. The number of anilines is 1. The van der Waals surface area contributed by atoms with Crippen molar-refractivity contribution in [2.24, 2.45) is 0 Å². The SMILES string of the molecule is Cl.Cl.O=C(Nc1cc(-c2nnc3n2CCCCC3)ccc1F)C1CNCCO1. The number of carbonyl (C=O) groups excluding carboxylic acids is 1. The van der Waals surface area contributed by atoms with E-state index in [9.17, 15) is 9.18 Å². The van der Waals surface area contributed by atoms with E-state index in [2.05, 4.69) is 25.4 Å². The molecule has 1 amide bonds. The largest absolute Gasteiger partial charge is 0.366 e. The van der Waals surface area contributed by atoms with Gasteiger partial charge < -0.3 is 19.9 Å². The number of morpholine rings is 1. The fraction of sp³-hybridized carbons (Fsp3) is 0.500. The minimum absolute atomic E-state index is 0. The van der Waals surface area contributed by atoms with Crippen LogP contribution in [-0.2, 0) is 22.5 Å². The molecule has 0 radical (unpaired) electrons. The molecule has 28 heavy (non-hydrogen) atoms. The van der Waals surface area contributed by atoms with Gasteiger partial charge in [-0.25, -0.2) is 4.39 Å². The third-order valence-corrected chi connectivity index (χ3v) is 4.81. The van der Waals surface area contributed by atoms with Crippen molar-refractivity contribution in [1.29, 1.82) is 0 Å². The average molecular weight is 432 g/mol. The zero-order chi connectivity index (χ0) is 17.9. The number of nitrogens with zero attached hydrogens (tertiary/aromatic N) is 3. The number of benzene rings is 1. The summed E-state index contributed by atoms with van der Waals surface area (Å²) in [6, 6.07) is 4.64. The van der Waals surface area contributed by atoms with Gasteiger partial charge in [0.2, 0.25) is 0 Å². The Morgan fingerprint density at radius 1 is 1.25 bits per heavy atom. The lowest BCUT2D eigenvalue weighted by Crippen LogP contribution is -2.45. The highest BCUT2D eigenvalue weighted by molar-refractivity contribution is 5.95.